The molecule has 0 spiro atoms. The Morgan fingerprint density at radius 3 is 2.50 bits per heavy atom. The molecule has 0 aliphatic heterocycles. The molecule has 2 aromatic heterocycles. The maximum atomic E-state index is 4.63. The Morgan fingerprint density at radius 1 is 1.00 bits per heavy atom. The Labute approximate surface area is 129 Å². The highest BCUT2D eigenvalue weighted by Gasteiger charge is 2.12. The minimum atomic E-state index is 0.949. The highest BCUT2D eigenvalue weighted by atomic mass is 15.0. The molecule has 0 aliphatic carbocycles. The van der Waals surface area contributed by atoms with Gasteiger partial charge in [0.05, 0.1) is 5.69 Å². The fourth-order valence-electron chi connectivity index (χ4n) is 3.23. The van der Waals surface area contributed by atoms with Gasteiger partial charge in [-0.25, -0.2) is 4.98 Å². The maximum absolute atomic E-state index is 4.63. The summed E-state index contributed by atoms with van der Waals surface area (Å²) in [7, 11) is 0. The SMILES string of the molecule is CCn1c2ccccc2c2cc(-c3nc(C)c(C)[nH]3)ccc21. The largest absolute Gasteiger partial charge is 0.342 e. The van der Waals surface area contributed by atoms with Crippen LogP contribution in [0.15, 0.2) is 42.5 Å². The minimum absolute atomic E-state index is 0.949. The second kappa shape index (κ2) is 4.73. The molecular formula is C19H19N3. The van der Waals surface area contributed by atoms with Crippen LogP contribution in [-0.2, 0) is 6.54 Å². The molecule has 0 fully saturated rings. The molecule has 1 N–H and O–H groups in total. The summed E-state index contributed by atoms with van der Waals surface area (Å²) in [5.41, 5.74) is 5.91. The minimum Gasteiger partial charge on any atom is -0.342 e. The second-order valence-electron chi connectivity index (χ2n) is 5.79. The van der Waals surface area contributed by atoms with Gasteiger partial charge in [-0.2, -0.15) is 0 Å². The van der Waals surface area contributed by atoms with Crippen LogP contribution in [0.4, 0.5) is 0 Å². The van der Waals surface area contributed by atoms with E-state index in [-0.39, 0.29) is 0 Å². The first-order valence-electron chi connectivity index (χ1n) is 7.73. The summed E-state index contributed by atoms with van der Waals surface area (Å²) in [4.78, 5) is 8.01. The third kappa shape index (κ3) is 1.78. The zero-order valence-electron chi connectivity index (χ0n) is 13.1. The number of benzene rings is 2. The first kappa shape index (κ1) is 13.1. The highest BCUT2D eigenvalue weighted by Crippen LogP contribution is 2.32. The lowest BCUT2D eigenvalue weighted by Crippen LogP contribution is -1.92. The number of hydrogen-bond donors (Lipinski definition) is 1. The monoisotopic (exact) mass is 289 g/mol. The molecule has 0 saturated carbocycles. The molecule has 4 aromatic rings. The molecule has 0 aliphatic rings. The van der Waals surface area contributed by atoms with Gasteiger partial charge in [-0.15, -0.1) is 0 Å². The number of H-pyrrole nitrogens is 1. The normalized spacial score (nSPS) is 11.6. The zero-order chi connectivity index (χ0) is 15.3. The van der Waals surface area contributed by atoms with Crippen molar-refractivity contribution in [2.45, 2.75) is 27.3 Å². The predicted molar refractivity (Wildman–Crippen MR) is 92.2 cm³/mol. The Morgan fingerprint density at radius 2 is 1.77 bits per heavy atom. The summed E-state index contributed by atoms with van der Waals surface area (Å²) >= 11 is 0. The summed E-state index contributed by atoms with van der Waals surface area (Å²) in [5, 5.41) is 2.60. The number of nitrogens with zero attached hydrogens (tertiary/aromatic N) is 2. The topological polar surface area (TPSA) is 33.6 Å². The van der Waals surface area contributed by atoms with Crippen LogP contribution >= 0.6 is 0 Å². The lowest BCUT2D eigenvalue weighted by molar-refractivity contribution is 0.827. The molecule has 0 atom stereocenters. The van der Waals surface area contributed by atoms with Crippen LogP contribution in [0.2, 0.25) is 0 Å². The summed E-state index contributed by atoms with van der Waals surface area (Å²) < 4.78 is 2.37. The van der Waals surface area contributed by atoms with Crippen molar-refractivity contribution in [2.24, 2.45) is 0 Å². The van der Waals surface area contributed by atoms with E-state index in [0.717, 1.165) is 29.3 Å². The van der Waals surface area contributed by atoms with Gasteiger partial charge in [-0.3, -0.25) is 0 Å². The highest BCUT2D eigenvalue weighted by molar-refractivity contribution is 6.09. The van der Waals surface area contributed by atoms with Gasteiger partial charge in [0.1, 0.15) is 5.82 Å². The van der Waals surface area contributed by atoms with Gasteiger partial charge in [0.2, 0.25) is 0 Å². The maximum Gasteiger partial charge on any atom is 0.137 e. The van der Waals surface area contributed by atoms with Crippen LogP contribution in [0.25, 0.3) is 33.2 Å². The second-order valence-corrected chi connectivity index (χ2v) is 5.79. The summed E-state index contributed by atoms with van der Waals surface area (Å²) in [6, 6.07) is 15.2. The fraction of sp³-hybridized carbons (Fsp3) is 0.211. The molecule has 0 amide bonds. The first-order chi connectivity index (χ1) is 10.7. The number of aryl methyl sites for hydroxylation is 3. The lowest BCUT2D eigenvalue weighted by atomic mass is 10.1. The molecule has 0 radical (unpaired) electrons. The van der Waals surface area contributed by atoms with Crippen LogP contribution in [-0.4, -0.2) is 14.5 Å². The van der Waals surface area contributed by atoms with Crippen LogP contribution < -0.4 is 0 Å². The predicted octanol–water partition coefficient (Wildman–Crippen LogP) is 4.82. The van der Waals surface area contributed by atoms with Gasteiger partial charge in [0.25, 0.3) is 0 Å². The van der Waals surface area contributed by atoms with Crippen molar-refractivity contribution in [3.8, 4) is 11.4 Å². The Kier molecular flexibility index (Phi) is 2.83. The average molecular weight is 289 g/mol. The summed E-state index contributed by atoms with van der Waals surface area (Å²) in [6.07, 6.45) is 0. The average Bonchev–Trinajstić information content (AvgIpc) is 3.04. The number of aromatic amines is 1. The third-order valence-corrected chi connectivity index (χ3v) is 4.49. The third-order valence-electron chi connectivity index (χ3n) is 4.49. The van der Waals surface area contributed by atoms with Crippen molar-refractivity contribution in [2.75, 3.05) is 0 Å². The first-order valence-corrected chi connectivity index (χ1v) is 7.73. The van der Waals surface area contributed by atoms with Gasteiger partial charge < -0.3 is 9.55 Å². The van der Waals surface area contributed by atoms with Crippen LogP contribution in [0.3, 0.4) is 0 Å². The standard InChI is InChI=1S/C19H19N3/c1-4-22-17-8-6-5-7-15(17)16-11-14(9-10-18(16)22)19-20-12(2)13(3)21-19/h5-11H,4H2,1-3H3,(H,20,21). The van der Waals surface area contributed by atoms with Crippen LogP contribution in [0.1, 0.15) is 18.3 Å². The van der Waals surface area contributed by atoms with E-state index in [0.29, 0.717) is 0 Å². The molecule has 2 heterocycles. The van der Waals surface area contributed by atoms with Gasteiger partial charge >= 0.3 is 0 Å². The molecule has 3 nitrogen and oxygen atoms in total. The summed E-state index contributed by atoms with van der Waals surface area (Å²) in [5.74, 6) is 0.949. The van der Waals surface area contributed by atoms with Crippen molar-refractivity contribution >= 4 is 21.8 Å². The number of nitrogens with one attached hydrogen (secondary N) is 1. The number of hydrogen-bond acceptors (Lipinski definition) is 1. The molecular weight excluding hydrogens is 270 g/mol. The molecule has 0 saturated heterocycles. The van der Waals surface area contributed by atoms with Gasteiger partial charge in [0.15, 0.2) is 0 Å². The fourth-order valence-corrected chi connectivity index (χ4v) is 3.23. The van der Waals surface area contributed by atoms with E-state index in [9.17, 15) is 0 Å². The lowest BCUT2D eigenvalue weighted by Gasteiger charge is -2.03. The molecule has 0 bridgehead atoms. The number of aromatic nitrogens is 3. The van der Waals surface area contributed by atoms with Gasteiger partial charge in [-0.05, 0) is 45.0 Å². The quantitative estimate of drug-likeness (QED) is 0.564. The molecule has 2 aromatic carbocycles. The smallest absolute Gasteiger partial charge is 0.137 e. The number of imidazole rings is 1. The Hall–Kier alpha value is -2.55. The Bertz CT molecular complexity index is 969. The summed E-state index contributed by atoms with van der Waals surface area (Å²) in [6.45, 7) is 7.27. The molecule has 4 rings (SSSR count). The van der Waals surface area contributed by atoms with Gasteiger partial charge in [-0.1, -0.05) is 18.2 Å². The van der Waals surface area contributed by atoms with Crippen molar-refractivity contribution < 1.29 is 0 Å². The Balaban J connectivity index is 2.03. The molecule has 22 heavy (non-hydrogen) atoms. The molecule has 110 valence electrons. The van der Waals surface area contributed by atoms with Gasteiger partial charge in [0, 0.05) is 39.6 Å². The number of fused-ring (bicyclic) bond motifs is 3. The molecule has 3 heteroatoms. The van der Waals surface area contributed by atoms with Crippen molar-refractivity contribution in [3.05, 3.63) is 53.9 Å². The molecule has 0 unspecified atom stereocenters. The van der Waals surface area contributed by atoms with Crippen molar-refractivity contribution in [1.29, 1.82) is 0 Å². The number of para-hydroxylation sites is 1. The van der Waals surface area contributed by atoms with Crippen LogP contribution in [0.5, 0.6) is 0 Å². The van der Waals surface area contributed by atoms with E-state index in [1.807, 2.05) is 6.92 Å². The van der Waals surface area contributed by atoms with E-state index >= 15 is 0 Å². The van der Waals surface area contributed by atoms with E-state index in [1.54, 1.807) is 0 Å². The number of rotatable bonds is 2. The zero-order valence-corrected chi connectivity index (χ0v) is 13.1. The van der Waals surface area contributed by atoms with Crippen molar-refractivity contribution in [1.82, 2.24) is 14.5 Å². The van der Waals surface area contributed by atoms with E-state index in [1.165, 1.54) is 21.8 Å². The van der Waals surface area contributed by atoms with E-state index in [4.69, 9.17) is 0 Å². The van der Waals surface area contributed by atoms with E-state index in [2.05, 4.69) is 70.8 Å². The van der Waals surface area contributed by atoms with Crippen molar-refractivity contribution in [3.63, 3.8) is 0 Å². The van der Waals surface area contributed by atoms with Crippen LogP contribution in [0, 0.1) is 13.8 Å². The van der Waals surface area contributed by atoms with E-state index < -0.39 is 0 Å².